The van der Waals surface area contributed by atoms with Crippen molar-refractivity contribution in [2.75, 3.05) is 6.54 Å². The van der Waals surface area contributed by atoms with Crippen LogP contribution >= 0.6 is 0 Å². The molecule has 0 rings (SSSR count). The van der Waals surface area contributed by atoms with E-state index in [1.807, 2.05) is 0 Å². The summed E-state index contributed by atoms with van der Waals surface area (Å²) in [7, 11) is 0. The summed E-state index contributed by atoms with van der Waals surface area (Å²) in [5.74, 6) is 6.17. The molecular weight excluding hydrogens is 122 g/mol. The fourth-order valence-corrected chi connectivity index (χ4v) is 0.640. The second-order valence-electron chi connectivity index (χ2n) is 2.31. The third-order valence-electron chi connectivity index (χ3n) is 1.23. The van der Waals surface area contributed by atoms with Crippen LogP contribution < -0.4 is 5.73 Å². The predicted octanol–water partition coefficient (Wildman–Crippen LogP) is 2.24. The minimum atomic E-state index is 0.551. The van der Waals surface area contributed by atoms with Gasteiger partial charge in [-0.2, -0.15) is 0 Å². The zero-order valence-corrected chi connectivity index (χ0v) is 6.74. The first-order valence-corrected chi connectivity index (χ1v) is 4.02. The first kappa shape index (κ1) is 9.52. The van der Waals surface area contributed by atoms with Crippen molar-refractivity contribution in [3.63, 3.8) is 0 Å². The van der Waals surface area contributed by atoms with E-state index in [0.29, 0.717) is 6.54 Å². The maximum Gasteiger partial charge on any atom is 0.0100 e. The predicted molar refractivity (Wildman–Crippen MR) is 44.5 cm³/mol. The van der Waals surface area contributed by atoms with Gasteiger partial charge in [0.1, 0.15) is 0 Å². The van der Waals surface area contributed by atoms with Crippen LogP contribution in [0.15, 0.2) is 0 Å². The number of hydrogen-bond donors (Lipinski definition) is 0. The molecule has 0 amide bonds. The summed E-state index contributed by atoms with van der Waals surface area (Å²) in [4.78, 5) is 0. The lowest BCUT2D eigenvalue weighted by Gasteiger charge is -1.87. The van der Waals surface area contributed by atoms with Crippen LogP contribution in [-0.2, 0) is 0 Å². The molecule has 0 aliphatic heterocycles. The lowest BCUT2D eigenvalue weighted by atomic mass is 10.2. The highest BCUT2D eigenvalue weighted by atomic mass is 14.5. The van der Waals surface area contributed by atoms with Crippen LogP contribution in [0.4, 0.5) is 0 Å². The van der Waals surface area contributed by atoms with Crippen molar-refractivity contribution in [1.29, 1.82) is 0 Å². The lowest BCUT2D eigenvalue weighted by Crippen LogP contribution is -1.82. The van der Waals surface area contributed by atoms with Gasteiger partial charge in [-0.3, -0.25) is 5.73 Å². The summed E-state index contributed by atoms with van der Waals surface area (Å²) in [5, 5.41) is 0. The molecule has 0 spiro atoms. The Kier molecular flexibility index (Phi) is 8.11. The van der Waals surface area contributed by atoms with E-state index in [0.717, 1.165) is 32.1 Å². The van der Waals surface area contributed by atoms with Crippen molar-refractivity contribution < 1.29 is 0 Å². The quantitative estimate of drug-likeness (QED) is 0.420. The Morgan fingerprint density at radius 2 is 1.80 bits per heavy atom. The molecular formula is C9H16N. The zero-order valence-electron chi connectivity index (χ0n) is 6.74. The molecule has 1 heteroatoms. The van der Waals surface area contributed by atoms with Crippen molar-refractivity contribution in [3.8, 4) is 11.8 Å². The lowest BCUT2D eigenvalue weighted by molar-refractivity contribution is 0.756. The molecule has 0 aromatic carbocycles. The summed E-state index contributed by atoms with van der Waals surface area (Å²) in [5.41, 5.74) is 6.87. The van der Waals surface area contributed by atoms with Crippen LogP contribution in [0.5, 0.6) is 0 Å². The van der Waals surface area contributed by atoms with Crippen LogP contribution in [0, 0.1) is 11.8 Å². The minimum absolute atomic E-state index is 0.551. The topological polar surface area (TPSA) is 23.8 Å². The van der Waals surface area contributed by atoms with E-state index in [4.69, 9.17) is 5.73 Å². The molecule has 0 heterocycles. The zero-order chi connectivity index (χ0) is 7.66. The van der Waals surface area contributed by atoms with Crippen molar-refractivity contribution in [1.82, 2.24) is 5.73 Å². The molecule has 0 saturated heterocycles. The van der Waals surface area contributed by atoms with Gasteiger partial charge in [0.2, 0.25) is 0 Å². The Labute approximate surface area is 64.0 Å². The normalized spacial score (nSPS) is 8.60. The van der Waals surface area contributed by atoms with Crippen molar-refractivity contribution >= 4 is 0 Å². The van der Waals surface area contributed by atoms with Crippen LogP contribution in [-0.4, -0.2) is 6.54 Å². The van der Waals surface area contributed by atoms with E-state index in [-0.39, 0.29) is 0 Å². The Morgan fingerprint density at radius 3 is 2.40 bits per heavy atom. The average molecular weight is 138 g/mol. The van der Waals surface area contributed by atoms with Gasteiger partial charge < -0.3 is 0 Å². The summed E-state index contributed by atoms with van der Waals surface area (Å²) in [6.45, 7) is 2.69. The second-order valence-corrected chi connectivity index (χ2v) is 2.31. The maximum atomic E-state index is 6.87. The van der Waals surface area contributed by atoms with Gasteiger partial charge in [0.25, 0.3) is 0 Å². The van der Waals surface area contributed by atoms with Crippen LogP contribution in [0.25, 0.3) is 0 Å². The third-order valence-corrected chi connectivity index (χ3v) is 1.23. The Hall–Kier alpha value is -0.480. The fourth-order valence-electron chi connectivity index (χ4n) is 0.640. The van der Waals surface area contributed by atoms with Crippen LogP contribution in [0.3, 0.4) is 0 Å². The molecule has 0 saturated carbocycles. The van der Waals surface area contributed by atoms with Gasteiger partial charge >= 0.3 is 0 Å². The van der Waals surface area contributed by atoms with Gasteiger partial charge in [-0.15, -0.1) is 11.8 Å². The summed E-state index contributed by atoms with van der Waals surface area (Å²) in [6.07, 6.45) is 5.27. The molecule has 10 heavy (non-hydrogen) atoms. The molecule has 0 aromatic heterocycles. The fraction of sp³-hybridized carbons (Fsp3) is 0.778. The molecule has 0 atom stereocenters. The Balaban J connectivity index is 2.96. The van der Waals surface area contributed by atoms with Crippen molar-refractivity contribution in [2.45, 2.75) is 39.0 Å². The van der Waals surface area contributed by atoms with Gasteiger partial charge in [-0.25, -0.2) is 0 Å². The highest BCUT2D eigenvalue weighted by Crippen LogP contribution is 1.91. The summed E-state index contributed by atoms with van der Waals surface area (Å²) < 4.78 is 0. The number of nitrogens with one attached hydrogen (secondary N) is 1. The summed E-state index contributed by atoms with van der Waals surface area (Å²) in [6, 6.07) is 0. The largest absolute Gasteiger partial charge is 0.258 e. The molecule has 0 aromatic rings. The average Bonchev–Trinajstić information content (AvgIpc) is 1.97. The van der Waals surface area contributed by atoms with E-state index in [1.54, 1.807) is 0 Å². The SMILES string of the molecule is CCCC#CCCCC[NH]. The molecule has 0 aliphatic rings. The number of rotatable bonds is 4. The molecule has 0 bridgehead atoms. The van der Waals surface area contributed by atoms with E-state index < -0.39 is 0 Å². The molecule has 1 N–H and O–H groups in total. The van der Waals surface area contributed by atoms with E-state index in [9.17, 15) is 0 Å². The number of hydrogen-bond acceptors (Lipinski definition) is 0. The van der Waals surface area contributed by atoms with Gasteiger partial charge in [0.05, 0.1) is 0 Å². The first-order chi connectivity index (χ1) is 4.91. The molecule has 1 nitrogen and oxygen atoms in total. The maximum absolute atomic E-state index is 6.87. The van der Waals surface area contributed by atoms with E-state index >= 15 is 0 Å². The first-order valence-electron chi connectivity index (χ1n) is 4.02. The van der Waals surface area contributed by atoms with E-state index in [2.05, 4.69) is 18.8 Å². The van der Waals surface area contributed by atoms with Gasteiger partial charge in [-0.1, -0.05) is 6.92 Å². The highest BCUT2D eigenvalue weighted by molar-refractivity contribution is 4.98. The molecule has 1 radical (unpaired) electrons. The number of unbranched alkanes of at least 4 members (excludes halogenated alkanes) is 3. The molecule has 57 valence electrons. The van der Waals surface area contributed by atoms with E-state index in [1.165, 1.54) is 0 Å². The minimum Gasteiger partial charge on any atom is -0.258 e. The highest BCUT2D eigenvalue weighted by Gasteiger charge is 1.80. The van der Waals surface area contributed by atoms with Crippen molar-refractivity contribution in [2.24, 2.45) is 0 Å². The monoisotopic (exact) mass is 138 g/mol. The molecule has 0 aliphatic carbocycles. The van der Waals surface area contributed by atoms with Crippen LogP contribution in [0.2, 0.25) is 0 Å². The molecule has 0 fully saturated rings. The van der Waals surface area contributed by atoms with Crippen LogP contribution in [0.1, 0.15) is 39.0 Å². The van der Waals surface area contributed by atoms with Gasteiger partial charge in [0, 0.05) is 19.4 Å². The molecule has 0 unspecified atom stereocenters. The van der Waals surface area contributed by atoms with Gasteiger partial charge in [0.15, 0.2) is 0 Å². The smallest absolute Gasteiger partial charge is 0.0100 e. The standard InChI is InChI=1S/C9H16N/c1-2-3-4-5-6-7-8-9-10/h10H,2-3,6-9H2,1H3. The summed E-state index contributed by atoms with van der Waals surface area (Å²) >= 11 is 0. The Bertz CT molecular complexity index is 108. The second kappa shape index (κ2) is 8.52. The Morgan fingerprint density at radius 1 is 1.10 bits per heavy atom. The third kappa shape index (κ3) is 7.52. The van der Waals surface area contributed by atoms with Crippen molar-refractivity contribution in [3.05, 3.63) is 0 Å². The van der Waals surface area contributed by atoms with Gasteiger partial charge in [-0.05, 0) is 19.3 Å².